The molecular weight excluding hydrogens is 338 g/mol. The molecule has 4 rings (SSSR count). The number of aliphatic hydroxyl groups excluding tert-OH is 1. The molecule has 0 amide bonds. The lowest BCUT2D eigenvalue weighted by Gasteiger charge is -2.29. The third-order valence-corrected chi connectivity index (χ3v) is 5.99. The van der Waals surface area contributed by atoms with Crippen molar-refractivity contribution < 1.29 is 14.6 Å². The van der Waals surface area contributed by atoms with E-state index in [0.717, 1.165) is 18.4 Å². The van der Waals surface area contributed by atoms with E-state index >= 15 is 0 Å². The summed E-state index contributed by atoms with van der Waals surface area (Å²) in [6, 6.07) is 21.3. The Morgan fingerprint density at radius 1 is 0.852 bits per heavy atom. The summed E-state index contributed by atoms with van der Waals surface area (Å²) >= 11 is 0. The first-order valence-electron chi connectivity index (χ1n) is 9.97. The van der Waals surface area contributed by atoms with Gasteiger partial charge < -0.3 is 14.6 Å². The van der Waals surface area contributed by atoms with Crippen LogP contribution in [-0.4, -0.2) is 46.9 Å². The van der Waals surface area contributed by atoms with Gasteiger partial charge in [-0.1, -0.05) is 60.7 Å². The molecule has 1 N–H and O–H groups in total. The minimum Gasteiger partial charge on any atom is -0.395 e. The van der Waals surface area contributed by atoms with Crippen LogP contribution in [-0.2, 0) is 22.7 Å². The van der Waals surface area contributed by atoms with Crippen LogP contribution in [0.15, 0.2) is 60.7 Å². The molecule has 2 aromatic carbocycles. The van der Waals surface area contributed by atoms with E-state index < -0.39 is 0 Å². The zero-order valence-electron chi connectivity index (χ0n) is 15.9. The van der Waals surface area contributed by atoms with Gasteiger partial charge in [0.1, 0.15) is 12.2 Å². The number of ether oxygens (including phenoxy) is 2. The molecule has 0 unspecified atom stereocenters. The Balaban J connectivity index is 1.50. The molecule has 2 saturated heterocycles. The van der Waals surface area contributed by atoms with E-state index in [9.17, 15) is 5.11 Å². The van der Waals surface area contributed by atoms with E-state index in [1.54, 1.807) is 0 Å². The summed E-state index contributed by atoms with van der Waals surface area (Å²) in [6.45, 7) is 3.47. The average Bonchev–Trinajstić information content (AvgIpc) is 3.23. The molecule has 4 nitrogen and oxygen atoms in total. The van der Waals surface area contributed by atoms with Gasteiger partial charge in [0.05, 0.1) is 25.9 Å². The summed E-state index contributed by atoms with van der Waals surface area (Å²) in [6.07, 6.45) is 2.11. The molecule has 0 spiro atoms. The first kappa shape index (κ1) is 18.6. The highest BCUT2D eigenvalue weighted by atomic mass is 16.5. The predicted octanol–water partition coefficient (Wildman–Crippen LogP) is 3.38. The molecule has 0 aliphatic carbocycles. The average molecular weight is 367 g/mol. The number of benzene rings is 2. The maximum absolute atomic E-state index is 10.1. The summed E-state index contributed by atoms with van der Waals surface area (Å²) < 4.78 is 12.8. The van der Waals surface area contributed by atoms with Crippen LogP contribution >= 0.6 is 0 Å². The van der Waals surface area contributed by atoms with Crippen molar-refractivity contribution >= 4 is 0 Å². The highest BCUT2D eigenvalue weighted by molar-refractivity contribution is 5.15. The van der Waals surface area contributed by atoms with E-state index in [0.29, 0.717) is 25.3 Å². The Bertz CT molecular complexity index is 665. The molecule has 5 atom stereocenters. The lowest BCUT2D eigenvalue weighted by molar-refractivity contribution is -0.0840. The maximum atomic E-state index is 10.1. The lowest BCUT2D eigenvalue weighted by atomic mass is 10.0. The van der Waals surface area contributed by atoms with Crippen molar-refractivity contribution in [1.29, 1.82) is 0 Å². The molecule has 0 radical (unpaired) electrons. The van der Waals surface area contributed by atoms with Gasteiger partial charge in [0, 0.05) is 12.1 Å². The van der Waals surface area contributed by atoms with Crippen LogP contribution in [0.3, 0.4) is 0 Å². The van der Waals surface area contributed by atoms with E-state index in [1.807, 2.05) is 36.4 Å². The van der Waals surface area contributed by atoms with Crippen molar-refractivity contribution in [2.75, 3.05) is 6.61 Å². The maximum Gasteiger partial charge on any atom is 0.103 e. The quantitative estimate of drug-likeness (QED) is 0.815. The third kappa shape index (κ3) is 3.94. The minimum absolute atomic E-state index is 0.00279. The van der Waals surface area contributed by atoms with E-state index in [-0.39, 0.29) is 24.9 Å². The first-order chi connectivity index (χ1) is 13.3. The Hall–Kier alpha value is -1.72. The highest BCUT2D eigenvalue weighted by Gasteiger charge is 2.54. The van der Waals surface area contributed by atoms with Gasteiger partial charge in [-0.05, 0) is 30.9 Å². The van der Waals surface area contributed by atoms with Crippen molar-refractivity contribution in [2.45, 2.75) is 63.3 Å². The number of aliphatic hydroxyl groups is 1. The van der Waals surface area contributed by atoms with E-state index in [2.05, 4.69) is 36.1 Å². The summed E-state index contributed by atoms with van der Waals surface area (Å²) in [5.41, 5.74) is 2.32. The molecule has 144 valence electrons. The normalized spacial score (nSPS) is 30.5. The molecule has 2 fully saturated rings. The van der Waals surface area contributed by atoms with Crippen LogP contribution in [0.5, 0.6) is 0 Å². The topological polar surface area (TPSA) is 41.9 Å². The Labute approximate surface area is 161 Å². The monoisotopic (exact) mass is 367 g/mol. The number of hydrogen-bond donors (Lipinski definition) is 1. The summed E-state index contributed by atoms with van der Waals surface area (Å²) in [5.74, 6) is 0. The first-order valence-corrected chi connectivity index (χ1v) is 9.97. The van der Waals surface area contributed by atoms with Crippen molar-refractivity contribution in [3.8, 4) is 0 Å². The zero-order valence-corrected chi connectivity index (χ0v) is 15.9. The fourth-order valence-electron chi connectivity index (χ4n) is 4.69. The van der Waals surface area contributed by atoms with Gasteiger partial charge in [0.15, 0.2) is 0 Å². The fraction of sp³-hybridized carbons (Fsp3) is 0.478. The summed E-state index contributed by atoms with van der Waals surface area (Å²) in [5, 5.41) is 10.1. The third-order valence-electron chi connectivity index (χ3n) is 5.99. The highest BCUT2D eigenvalue weighted by Crippen LogP contribution is 2.40. The molecule has 2 aliphatic rings. The number of rotatable bonds is 7. The van der Waals surface area contributed by atoms with Gasteiger partial charge in [-0.2, -0.15) is 0 Å². The van der Waals surface area contributed by atoms with Gasteiger partial charge in [-0.15, -0.1) is 0 Å². The van der Waals surface area contributed by atoms with Crippen molar-refractivity contribution in [3.63, 3.8) is 0 Å². The Morgan fingerprint density at radius 3 is 1.96 bits per heavy atom. The van der Waals surface area contributed by atoms with Crippen LogP contribution in [0.2, 0.25) is 0 Å². The molecule has 27 heavy (non-hydrogen) atoms. The van der Waals surface area contributed by atoms with Crippen LogP contribution in [0.1, 0.15) is 30.9 Å². The largest absolute Gasteiger partial charge is 0.395 e. The van der Waals surface area contributed by atoms with Gasteiger partial charge in [0.25, 0.3) is 0 Å². The number of nitrogens with zero attached hydrogens (tertiary/aromatic N) is 1. The molecule has 0 bridgehead atoms. The van der Waals surface area contributed by atoms with Crippen LogP contribution in [0, 0.1) is 0 Å². The summed E-state index contributed by atoms with van der Waals surface area (Å²) in [7, 11) is 0. The second-order valence-electron chi connectivity index (χ2n) is 7.71. The Kier molecular flexibility index (Phi) is 5.89. The van der Waals surface area contributed by atoms with Gasteiger partial charge >= 0.3 is 0 Å². The molecular formula is C23H29NO3. The molecule has 2 aliphatic heterocycles. The van der Waals surface area contributed by atoms with Crippen molar-refractivity contribution in [3.05, 3.63) is 71.8 Å². The number of fused-ring (bicyclic) bond motifs is 1. The van der Waals surface area contributed by atoms with E-state index in [1.165, 1.54) is 5.56 Å². The van der Waals surface area contributed by atoms with Crippen molar-refractivity contribution in [2.24, 2.45) is 0 Å². The van der Waals surface area contributed by atoms with Gasteiger partial charge in [-0.3, -0.25) is 4.90 Å². The zero-order chi connectivity index (χ0) is 18.6. The Morgan fingerprint density at radius 2 is 1.41 bits per heavy atom. The molecule has 0 aromatic heterocycles. The lowest BCUT2D eigenvalue weighted by Crippen LogP contribution is -2.43. The van der Waals surface area contributed by atoms with Crippen LogP contribution < -0.4 is 0 Å². The van der Waals surface area contributed by atoms with Gasteiger partial charge in [-0.25, -0.2) is 0 Å². The van der Waals surface area contributed by atoms with Gasteiger partial charge in [0.2, 0.25) is 0 Å². The second-order valence-corrected chi connectivity index (χ2v) is 7.71. The van der Waals surface area contributed by atoms with Crippen LogP contribution in [0.4, 0.5) is 0 Å². The molecule has 0 saturated carbocycles. The minimum atomic E-state index is -0.119. The van der Waals surface area contributed by atoms with Crippen molar-refractivity contribution in [1.82, 2.24) is 4.90 Å². The van der Waals surface area contributed by atoms with Crippen LogP contribution in [0.25, 0.3) is 0 Å². The molecule has 2 aromatic rings. The summed E-state index contributed by atoms with van der Waals surface area (Å²) in [4.78, 5) is 2.44. The second kappa shape index (κ2) is 8.53. The molecule has 4 heteroatoms. The fourth-order valence-corrected chi connectivity index (χ4v) is 4.69. The predicted molar refractivity (Wildman–Crippen MR) is 105 cm³/mol. The SMILES string of the molecule is C[C@@H]1CC[C@@H]2[C@H](OCc3ccccc3)[C@H](OCc3ccccc3)[C@@H](CO)N12. The molecule has 2 heterocycles. The smallest absolute Gasteiger partial charge is 0.103 e. The number of hydrogen-bond acceptors (Lipinski definition) is 4. The standard InChI is InChI=1S/C23H29NO3/c1-17-12-13-20-22(26-15-18-8-4-2-5-9-18)23(21(14-25)24(17)20)27-16-19-10-6-3-7-11-19/h2-11,17,20-23,25H,12-16H2,1H3/t17-,20-,21-,22+,23-/m1/s1. The van der Waals surface area contributed by atoms with E-state index in [4.69, 9.17) is 9.47 Å².